The predicted molar refractivity (Wildman–Crippen MR) is 64.1 cm³/mol. The SMILES string of the molecule is CCOC(=O)C(C)(N)CC(C)N1CCCC1. The first-order chi connectivity index (χ1) is 7.47. The van der Waals surface area contributed by atoms with E-state index in [9.17, 15) is 4.79 Å². The summed E-state index contributed by atoms with van der Waals surface area (Å²) in [5.74, 6) is -0.291. The van der Waals surface area contributed by atoms with Crippen molar-refractivity contribution >= 4 is 5.97 Å². The molecule has 1 rings (SSSR count). The van der Waals surface area contributed by atoms with Crippen LogP contribution in [0.1, 0.15) is 40.0 Å². The number of carbonyl (C=O) groups excluding carboxylic acids is 1. The number of rotatable bonds is 5. The summed E-state index contributed by atoms with van der Waals surface area (Å²) in [4.78, 5) is 14.0. The zero-order valence-electron chi connectivity index (χ0n) is 10.7. The predicted octanol–water partition coefficient (Wildman–Crippen LogP) is 1.14. The summed E-state index contributed by atoms with van der Waals surface area (Å²) in [6, 6.07) is 0.349. The van der Waals surface area contributed by atoms with Gasteiger partial charge >= 0.3 is 5.97 Å². The Hall–Kier alpha value is -0.610. The third kappa shape index (κ3) is 3.46. The number of nitrogens with zero attached hydrogens (tertiary/aromatic N) is 1. The van der Waals surface area contributed by atoms with Gasteiger partial charge in [0.2, 0.25) is 0 Å². The van der Waals surface area contributed by atoms with Crippen LogP contribution in [0.5, 0.6) is 0 Å². The maximum absolute atomic E-state index is 11.6. The zero-order valence-corrected chi connectivity index (χ0v) is 10.7. The topological polar surface area (TPSA) is 55.6 Å². The van der Waals surface area contributed by atoms with Crippen molar-refractivity contribution in [2.45, 2.75) is 51.6 Å². The number of likely N-dealkylation sites (tertiary alicyclic amines) is 1. The van der Waals surface area contributed by atoms with Gasteiger partial charge in [-0.25, -0.2) is 0 Å². The highest BCUT2D eigenvalue weighted by Crippen LogP contribution is 2.19. The van der Waals surface area contributed by atoms with E-state index in [-0.39, 0.29) is 5.97 Å². The van der Waals surface area contributed by atoms with Crippen molar-refractivity contribution in [2.75, 3.05) is 19.7 Å². The van der Waals surface area contributed by atoms with Crippen molar-refractivity contribution < 1.29 is 9.53 Å². The molecule has 2 N–H and O–H groups in total. The number of hydrogen-bond acceptors (Lipinski definition) is 4. The van der Waals surface area contributed by atoms with E-state index in [2.05, 4.69) is 11.8 Å². The summed E-state index contributed by atoms with van der Waals surface area (Å²) < 4.78 is 4.99. The van der Waals surface area contributed by atoms with E-state index in [1.165, 1.54) is 12.8 Å². The molecule has 1 aliphatic rings. The molecule has 0 amide bonds. The van der Waals surface area contributed by atoms with E-state index < -0.39 is 5.54 Å². The van der Waals surface area contributed by atoms with Gasteiger partial charge in [0.05, 0.1) is 6.61 Å². The summed E-state index contributed by atoms with van der Waals surface area (Å²) >= 11 is 0. The molecule has 0 radical (unpaired) electrons. The Morgan fingerprint density at radius 2 is 2.06 bits per heavy atom. The van der Waals surface area contributed by atoms with Gasteiger partial charge in [0, 0.05) is 6.04 Å². The smallest absolute Gasteiger partial charge is 0.325 e. The van der Waals surface area contributed by atoms with Crippen LogP contribution in [0.15, 0.2) is 0 Å². The maximum atomic E-state index is 11.6. The molecular weight excluding hydrogens is 204 g/mol. The molecule has 2 atom stereocenters. The molecule has 1 heterocycles. The van der Waals surface area contributed by atoms with E-state index in [4.69, 9.17) is 10.5 Å². The zero-order chi connectivity index (χ0) is 12.2. The Balaban J connectivity index is 2.46. The molecule has 94 valence electrons. The van der Waals surface area contributed by atoms with E-state index in [0.29, 0.717) is 19.1 Å². The van der Waals surface area contributed by atoms with Gasteiger partial charge in [-0.2, -0.15) is 0 Å². The lowest BCUT2D eigenvalue weighted by Gasteiger charge is -2.30. The van der Waals surface area contributed by atoms with Crippen LogP contribution >= 0.6 is 0 Å². The van der Waals surface area contributed by atoms with Gasteiger partial charge in [-0.15, -0.1) is 0 Å². The molecule has 0 aromatic carbocycles. The molecule has 0 aliphatic carbocycles. The third-order valence-corrected chi connectivity index (χ3v) is 3.23. The molecule has 4 nitrogen and oxygen atoms in total. The van der Waals surface area contributed by atoms with Crippen molar-refractivity contribution in [1.29, 1.82) is 0 Å². The van der Waals surface area contributed by atoms with Crippen molar-refractivity contribution in [3.8, 4) is 0 Å². The summed E-state index contributed by atoms with van der Waals surface area (Å²) in [6.07, 6.45) is 3.17. The minimum atomic E-state index is -0.863. The molecular formula is C12H24N2O2. The lowest BCUT2D eigenvalue weighted by molar-refractivity contribution is -0.149. The van der Waals surface area contributed by atoms with Crippen molar-refractivity contribution in [3.05, 3.63) is 0 Å². The highest BCUT2D eigenvalue weighted by Gasteiger charge is 2.33. The van der Waals surface area contributed by atoms with E-state index in [0.717, 1.165) is 13.1 Å². The van der Waals surface area contributed by atoms with Crippen LogP contribution in [0, 0.1) is 0 Å². The largest absolute Gasteiger partial charge is 0.465 e. The summed E-state index contributed by atoms with van der Waals surface area (Å²) in [6.45, 7) is 8.34. The summed E-state index contributed by atoms with van der Waals surface area (Å²) in [7, 11) is 0. The van der Waals surface area contributed by atoms with Gasteiger partial charge in [-0.3, -0.25) is 4.79 Å². The monoisotopic (exact) mass is 228 g/mol. The molecule has 1 aliphatic heterocycles. The normalized spacial score (nSPS) is 22.8. The fourth-order valence-electron chi connectivity index (χ4n) is 2.30. The van der Waals surface area contributed by atoms with Crippen LogP contribution < -0.4 is 5.73 Å². The quantitative estimate of drug-likeness (QED) is 0.717. The average Bonchev–Trinajstić information content (AvgIpc) is 2.70. The second kappa shape index (κ2) is 5.64. The first kappa shape index (κ1) is 13.5. The van der Waals surface area contributed by atoms with Gasteiger partial charge in [-0.05, 0) is 53.1 Å². The maximum Gasteiger partial charge on any atom is 0.325 e. The molecule has 16 heavy (non-hydrogen) atoms. The van der Waals surface area contributed by atoms with Crippen molar-refractivity contribution in [1.82, 2.24) is 4.90 Å². The number of hydrogen-bond donors (Lipinski definition) is 1. The minimum absolute atomic E-state index is 0.291. The van der Waals surface area contributed by atoms with Crippen LogP contribution in [0.3, 0.4) is 0 Å². The number of carbonyl (C=O) groups is 1. The van der Waals surface area contributed by atoms with Crippen LogP contribution in [0.25, 0.3) is 0 Å². The van der Waals surface area contributed by atoms with Crippen molar-refractivity contribution in [3.63, 3.8) is 0 Å². The van der Waals surface area contributed by atoms with Crippen molar-refractivity contribution in [2.24, 2.45) is 5.73 Å². The molecule has 0 saturated carbocycles. The van der Waals surface area contributed by atoms with Gasteiger partial charge in [0.25, 0.3) is 0 Å². The second-order valence-electron chi connectivity index (χ2n) is 4.93. The van der Waals surface area contributed by atoms with Gasteiger partial charge < -0.3 is 15.4 Å². The molecule has 0 aromatic rings. The molecule has 0 bridgehead atoms. The fourth-order valence-corrected chi connectivity index (χ4v) is 2.30. The number of esters is 1. The first-order valence-corrected chi connectivity index (χ1v) is 6.17. The lowest BCUT2D eigenvalue weighted by atomic mass is 9.94. The standard InChI is InChI=1S/C12H24N2O2/c1-4-16-11(15)12(3,13)9-10(2)14-7-5-6-8-14/h10H,4-9,13H2,1-3H3. The Morgan fingerprint density at radius 3 is 2.56 bits per heavy atom. The van der Waals surface area contributed by atoms with E-state index >= 15 is 0 Å². The molecule has 0 spiro atoms. The summed E-state index contributed by atoms with van der Waals surface area (Å²) in [5.41, 5.74) is 5.15. The van der Waals surface area contributed by atoms with Gasteiger partial charge in [0.15, 0.2) is 0 Å². The third-order valence-electron chi connectivity index (χ3n) is 3.23. The Bertz CT molecular complexity index is 235. The molecule has 4 heteroatoms. The summed E-state index contributed by atoms with van der Waals surface area (Å²) in [5, 5.41) is 0. The van der Waals surface area contributed by atoms with Crippen LogP contribution in [0.4, 0.5) is 0 Å². The van der Waals surface area contributed by atoms with Crippen LogP contribution in [-0.4, -0.2) is 42.1 Å². The Kier molecular flexibility index (Phi) is 4.74. The Morgan fingerprint density at radius 1 is 1.50 bits per heavy atom. The second-order valence-corrected chi connectivity index (χ2v) is 4.93. The van der Waals surface area contributed by atoms with Crippen LogP contribution in [-0.2, 0) is 9.53 Å². The fraction of sp³-hybridized carbons (Fsp3) is 0.917. The minimum Gasteiger partial charge on any atom is -0.465 e. The molecule has 1 fully saturated rings. The number of nitrogens with two attached hydrogens (primary N) is 1. The molecule has 0 aromatic heterocycles. The first-order valence-electron chi connectivity index (χ1n) is 6.17. The van der Waals surface area contributed by atoms with Gasteiger partial charge in [-0.1, -0.05) is 0 Å². The van der Waals surface area contributed by atoms with Gasteiger partial charge in [0.1, 0.15) is 5.54 Å². The van der Waals surface area contributed by atoms with E-state index in [1.54, 1.807) is 13.8 Å². The average molecular weight is 228 g/mol. The molecule has 2 unspecified atom stereocenters. The highest BCUT2D eigenvalue weighted by molar-refractivity contribution is 5.80. The van der Waals surface area contributed by atoms with Crippen LogP contribution in [0.2, 0.25) is 0 Å². The van der Waals surface area contributed by atoms with E-state index in [1.807, 2.05) is 0 Å². The highest BCUT2D eigenvalue weighted by atomic mass is 16.5. The Labute approximate surface area is 98.1 Å². The lowest BCUT2D eigenvalue weighted by Crippen LogP contribution is -2.50. The number of ether oxygens (including phenoxy) is 1. The molecule has 1 saturated heterocycles.